The monoisotopic (exact) mass is 272 g/mol. The number of benzene rings is 1. The van der Waals surface area contributed by atoms with Gasteiger partial charge >= 0.3 is 0 Å². The van der Waals surface area contributed by atoms with Crippen LogP contribution in [0.4, 0.5) is 0 Å². The summed E-state index contributed by atoms with van der Waals surface area (Å²) in [6.07, 6.45) is 0.818. The third kappa shape index (κ3) is 4.13. The van der Waals surface area contributed by atoms with E-state index in [1.807, 2.05) is 38.1 Å². The van der Waals surface area contributed by atoms with Gasteiger partial charge in [-0.2, -0.15) is 0 Å². The molecule has 1 rings (SSSR count). The van der Waals surface area contributed by atoms with Crippen LogP contribution in [-0.4, -0.2) is 16.8 Å². The second kappa shape index (κ2) is 6.17. The summed E-state index contributed by atoms with van der Waals surface area (Å²) in [5.41, 5.74) is 5.32. The van der Waals surface area contributed by atoms with Crippen molar-refractivity contribution in [2.45, 2.75) is 25.2 Å². The number of hydrogen-bond acceptors (Lipinski definition) is 3. The van der Waals surface area contributed by atoms with Gasteiger partial charge in [0.25, 0.3) is 0 Å². The first-order valence-corrected chi connectivity index (χ1v) is 6.69. The summed E-state index contributed by atoms with van der Waals surface area (Å²) in [4.78, 5) is 1.06. The molecule has 3 nitrogen and oxygen atoms in total. The van der Waals surface area contributed by atoms with Gasteiger partial charge in [-0.05, 0) is 24.3 Å². The molecule has 5 heteroatoms. The SMILES string of the molecule is CC(C)(CCSc1ccccc1Cl)C(N)=NO. The molecule has 0 fully saturated rings. The number of rotatable bonds is 5. The molecule has 0 atom stereocenters. The molecule has 3 N–H and O–H groups in total. The molecule has 1 aromatic rings. The lowest BCUT2D eigenvalue weighted by Gasteiger charge is -2.22. The Kier molecular flexibility index (Phi) is 5.15. The van der Waals surface area contributed by atoms with Crippen LogP contribution < -0.4 is 5.73 Å². The van der Waals surface area contributed by atoms with Gasteiger partial charge in [-0.25, -0.2) is 0 Å². The highest BCUT2D eigenvalue weighted by atomic mass is 35.5. The topological polar surface area (TPSA) is 58.6 Å². The van der Waals surface area contributed by atoms with E-state index in [9.17, 15) is 0 Å². The van der Waals surface area contributed by atoms with Gasteiger partial charge in [-0.1, -0.05) is 42.7 Å². The maximum atomic E-state index is 8.67. The molecule has 0 radical (unpaired) electrons. The number of hydrogen-bond donors (Lipinski definition) is 2. The number of nitrogens with two attached hydrogens (primary N) is 1. The highest BCUT2D eigenvalue weighted by Gasteiger charge is 2.23. The standard InChI is InChI=1S/C12H17ClN2OS/c1-12(2,11(14)15-16)7-8-17-10-6-4-3-5-9(10)13/h3-6,16H,7-8H2,1-2H3,(H2,14,15). The summed E-state index contributed by atoms with van der Waals surface area (Å²) >= 11 is 7.73. The van der Waals surface area contributed by atoms with Crippen LogP contribution >= 0.6 is 23.4 Å². The molecule has 0 heterocycles. The molecule has 17 heavy (non-hydrogen) atoms. The lowest BCUT2D eigenvalue weighted by molar-refractivity contribution is 0.307. The zero-order valence-corrected chi connectivity index (χ0v) is 11.6. The minimum Gasteiger partial charge on any atom is -0.409 e. The molecule has 0 aliphatic carbocycles. The third-order valence-electron chi connectivity index (χ3n) is 2.62. The minimum atomic E-state index is -0.303. The number of amidine groups is 1. The van der Waals surface area contributed by atoms with Crippen molar-refractivity contribution in [3.8, 4) is 0 Å². The largest absolute Gasteiger partial charge is 0.409 e. The van der Waals surface area contributed by atoms with Gasteiger partial charge in [0.15, 0.2) is 0 Å². The molecule has 0 amide bonds. The molecule has 0 saturated carbocycles. The van der Waals surface area contributed by atoms with Gasteiger partial charge in [0.05, 0.1) is 5.02 Å². The normalized spacial score (nSPS) is 12.8. The summed E-state index contributed by atoms with van der Waals surface area (Å²) in [6, 6.07) is 7.73. The summed E-state index contributed by atoms with van der Waals surface area (Å²) in [7, 11) is 0. The maximum Gasteiger partial charge on any atom is 0.144 e. The van der Waals surface area contributed by atoms with Crippen molar-refractivity contribution in [3.05, 3.63) is 29.3 Å². The van der Waals surface area contributed by atoms with Crippen LogP contribution in [0.15, 0.2) is 34.3 Å². The summed E-state index contributed by atoms with van der Waals surface area (Å²) < 4.78 is 0. The van der Waals surface area contributed by atoms with Gasteiger partial charge < -0.3 is 10.9 Å². The van der Waals surface area contributed by atoms with E-state index >= 15 is 0 Å². The summed E-state index contributed by atoms with van der Waals surface area (Å²) in [5, 5.41) is 12.5. The van der Waals surface area contributed by atoms with Crippen LogP contribution in [0.25, 0.3) is 0 Å². The van der Waals surface area contributed by atoms with E-state index in [1.165, 1.54) is 0 Å². The average molecular weight is 273 g/mol. The molecule has 0 spiro atoms. The Labute approximate surface area is 111 Å². The molecule has 94 valence electrons. The van der Waals surface area contributed by atoms with E-state index in [0.717, 1.165) is 22.1 Å². The lowest BCUT2D eigenvalue weighted by atomic mass is 9.89. The van der Waals surface area contributed by atoms with Crippen molar-refractivity contribution in [2.75, 3.05) is 5.75 Å². The Hall–Kier alpha value is -0.870. The highest BCUT2D eigenvalue weighted by Crippen LogP contribution is 2.30. The lowest BCUT2D eigenvalue weighted by Crippen LogP contribution is -2.32. The Bertz CT molecular complexity index is 407. The van der Waals surface area contributed by atoms with E-state index in [0.29, 0.717) is 0 Å². The second-order valence-corrected chi connectivity index (χ2v) is 5.94. The molecule has 0 aliphatic heterocycles. The number of oxime groups is 1. The maximum absolute atomic E-state index is 8.67. The molecule has 0 saturated heterocycles. The van der Waals surface area contributed by atoms with E-state index in [1.54, 1.807) is 11.8 Å². The van der Waals surface area contributed by atoms with Gasteiger partial charge in [-0.15, -0.1) is 11.8 Å². The van der Waals surface area contributed by atoms with Crippen LogP contribution in [0.1, 0.15) is 20.3 Å². The van der Waals surface area contributed by atoms with Crippen LogP contribution in [-0.2, 0) is 0 Å². The van der Waals surface area contributed by atoms with Crippen molar-refractivity contribution in [1.29, 1.82) is 0 Å². The van der Waals surface area contributed by atoms with E-state index in [-0.39, 0.29) is 11.3 Å². The predicted molar refractivity (Wildman–Crippen MR) is 74.0 cm³/mol. The first-order chi connectivity index (χ1) is 7.97. The van der Waals surface area contributed by atoms with Crippen LogP contribution in [0.3, 0.4) is 0 Å². The Morgan fingerprint density at radius 1 is 1.47 bits per heavy atom. The number of halogens is 1. The van der Waals surface area contributed by atoms with E-state index in [4.69, 9.17) is 22.5 Å². The third-order valence-corrected chi connectivity index (χ3v) is 4.14. The van der Waals surface area contributed by atoms with Gasteiger partial charge in [0, 0.05) is 10.3 Å². The molecular formula is C12H17ClN2OS. The van der Waals surface area contributed by atoms with Crippen molar-refractivity contribution in [2.24, 2.45) is 16.3 Å². The van der Waals surface area contributed by atoms with Crippen molar-refractivity contribution < 1.29 is 5.21 Å². The van der Waals surface area contributed by atoms with Crippen LogP contribution in [0, 0.1) is 5.41 Å². The van der Waals surface area contributed by atoms with Gasteiger partial charge in [0.2, 0.25) is 0 Å². The molecule has 1 aromatic carbocycles. The second-order valence-electron chi connectivity index (χ2n) is 4.40. The molecule has 0 unspecified atom stereocenters. The van der Waals surface area contributed by atoms with Gasteiger partial charge in [-0.3, -0.25) is 0 Å². The van der Waals surface area contributed by atoms with Crippen molar-refractivity contribution in [3.63, 3.8) is 0 Å². The van der Waals surface area contributed by atoms with Crippen LogP contribution in [0.2, 0.25) is 5.02 Å². The van der Waals surface area contributed by atoms with Crippen LogP contribution in [0.5, 0.6) is 0 Å². The zero-order valence-electron chi connectivity index (χ0n) is 9.98. The quantitative estimate of drug-likeness (QED) is 0.283. The highest BCUT2D eigenvalue weighted by molar-refractivity contribution is 7.99. The molecule has 0 aromatic heterocycles. The first kappa shape index (κ1) is 14.2. The number of nitrogens with zero attached hydrogens (tertiary/aromatic N) is 1. The van der Waals surface area contributed by atoms with E-state index in [2.05, 4.69) is 5.16 Å². The van der Waals surface area contributed by atoms with Crippen molar-refractivity contribution >= 4 is 29.2 Å². The Balaban J connectivity index is 2.51. The molecule has 0 bridgehead atoms. The van der Waals surface area contributed by atoms with Crippen molar-refractivity contribution in [1.82, 2.24) is 0 Å². The molecule has 0 aliphatic rings. The summed E-state index contributed by atoms with van der Waals surface area (Å²) in [6.45, 7) is 3.91. The Morgan fingerprint density at radius 3 is 2.71 bits per heavy atom. The van der Waals surface area contributed by atoms with Gasteiger partial charge in [0.1, 0.15) is 5.84 Å². The smallest absolute Gasteiger partial charge is 0.144 e. The fraction of sp³-hybridized carbons (Fsp3) is 0.417. The zero-order chi connectivity index (χ0) is 12.9. The minimum absolute atomic E-state index is 0.261. The number of thioether (sulfide) groups is 1. The molecular weight excluding hydrogens is 256 g/mol. The first-order valence-electron chi connectivity index (χ1n) is 5.32. The fourth-order valence-electron chi connectivity index (χ4n) is 1.24. The fourth-order valence-corrected chi connectivity index (χ4v) is 2.75. The van der Waals surface area contributed by atoms with E-state index < -0.39 is 0 Å². The average Bonchev–Trinajstić information content (AvgIpc) is 2.30. The summed E-state index contributed by atoms with van der Waals surface area (Å²) in [5.74, 6) is 1.13. The Morgan fingerprint density at radius 2 is 2.12 bits per heavy atom. The predicted octanol–water partition coefficient (Wildman–Crippen LogP) is 3.59.